The Bertz CT molecular complexity index is 690. The Balaban J connectivity index is 1.81. The van der Waals surface area contributed by atoms with Crippen molar-refractivity contribution >= 4 is 17.5 Å². The van der Waals surface area contributed by atoms with Gasteiger partial charge >= 0.3 is 0 Å². The lowest BCUT2D eigenvalue weighted by molar-refractivity contribution is 0.0679. The Morgan fingerprint density at radius 1 is 1.32 bits per heavy atom. The molecule has 0 aliphatic carbocycles. The highest BCUT2D eigenvalue weighted by molar-refractivity contribution is 6.33. The summed E-state index contributed by atoms with van der Waals surface area (Å²) in [5, 5.41) is -0.0753. The third-order valence-electron chi connectivity index (χ3n) is 3.87. The number of nitrogens with zero attached hydrogens (tertiary/aromatic N) is 3. The van der Waals surface area contributed by atoms with E-state index >= 15 is 0 Å². The van der Waals surface area contributed by atoms with Gasteiger partial charge in [-0.2, -0.15) is 0 Å². The zero-order valence-electron chi connectivity index (χ0n) is 11.7. The second kappa shape index (κ2) is 6.04. The van der Waals surface area contributed by atoms with Crippen molar-refractivity contribution in [2.24, 2.45) is 0 Å². The molecule has 1 amide bonds. The van der Waals surface area contributed by atoms with Gasteiger partial charge in [-0.3, -0.25) is 4.79 Å². The Kier molecular flexibility index (Phi) is 4.11. The molecule has 2 aromatic rings. The molecule has 3 rings (SSSR count). The predicted octanol–water partition coefficient (Wildman–Crippen LogP) is 3.29. The number of benzene rings is 1. The highest BCUT2D eigenvalue weighted by Gasteiger charge is 2.27. The minimum atomic E-state index is -1.07. The Morgan fingerprint density at radius 2 is 2.09 bits per heavy atom. The first-order chi connectivity index (χ1) is 10.6. The minimum absolute atomic E-state index is 0.00755. The Morgan fingerprint density at radius 3 is 2.82 bits per heavy atom. The lowest BCUT2D eigenvalue weighted by Gasteiger charge is -2.33. The molecule has 0 N–H and O–H groups in total. The van der Waals surface area contributed by atoms with Crippen molar-refractivity contribution in [2.45, 2.75) is 18.9 Å². The van der Waals surface area contributed by atoms with Gasteiger partial charge in [-0.05, 0) is 25.0 Å². The quantitative estimate of drug-likeness (QED) is 0.795. The van der Waals surface area contributed by atoms with E-state index < -0.39 is 11.6 Å². The van der Waals surface area contributed by atoms with Crippen molar-refractivity contribution in [3.63, 3.8) is 0 Å². The lowest BCUT2D eigenvalue weighted by Crippen LogP contribution is -2.40. The molecule has 22 heavy (non-hydrogen) atoms. The number of aromatic nitrogens is 2. The van der Waals surface area contributed by atoms with E-state index in [1.165, 1.54) is 0 Å². The van der Waals surface area contributed by atoms with Gasteiger partial charge in [0, 0.05) is 25.5 Å². The van der Waals surface area contributed by atoms with Crippen LogP contribution in [0.2, 0.25) is 5.02 Å². The van der Waals surface area contributed by atoms with Gasteiger partial charge in [0.1, 0.15) is 0 Å². The summed E-state index contributed by atoms with van der Waals surface area (Å²) in [5.74, 6) is -2.51. The second-order valence-electron chi connectivity index (χ2n) is 5.30. The highest BCUT2D eigenvalue weighted by Crippen LogP contribution is 2.26. The van der Waals surface area contributed by atoms with E-state index in [0.717, 1.165) is 25.0 Å². The molecule has 4 nitrogen and oxygen atoms in total. The van der Waals surface area contributed by atoms with E-state index in [2.05, 4.69) is 4.98 Å². The summed E-state index contributed by atoms with van der Waals surface area (Å²) < 4.78 is 28.4. The largest absolute Gasteiger partial charge is 0.337 e. The average Bonchev–Trinajstić information content (AvgIpc) is 3.05. The summed E-state index contributed by atoms with van der Waals surface area (Å²) in [7, 11) is 0. The topological polar surface area (TPSA) is 38.1 Å². The molecular formula is C15H14ClF2N3O. The third kappa shape index (κ3) is 2.83. The summed E-state index contributed by atoms with van der Waals surface area (Å²) in [6.45, 7) is 1.06. The van der Waals surface area contributed by atoms with Crippen LogP contribution in [0.5, 0.6) is 0 Å². The molecular weight excluding hydrogens is 312 g/mol. The number of halogens is 3. The summed E-state index contributed by atoms with van der Waals surface area (Å²) in [6.07, 6.45) is 7.01. The molecule has 0 spiro atoms. The fraction of sp³-hybridized carbons (Fsp3) is 0.333. The van der Waals surface area contributed by atoms with E-state index in [1.54, 1.807) is 17.4 Å². The van der Waals surface area contributed by atoms with Crippen LogP contribution < -0.4 is 0 Å². The molecule has 1 aromatic carbocycles. The maximum atomic E-state index is 13.4. The van der Waals surface area contributed by atoms with Crippen LogP contribution >= 0.6 is 11.6 Å². The summed E-state index contributed by atoms with van der Waals surface area (Å²) in [4.78, 5) is 18.2. The standard InChI is InChI=1S/C15H14ClF2N3O/c16-12-7-14(18)13(17)6-11(12)15(22)20-4-1-2-10(8-20)21-5-3-19-9-21/h3,5-7,9-10H,1-2,4,8H2/t10-/m0/s1. The molecule has 0 unspecified atom stereocenters. The van der Waals surface area contributed by atoms with Crippen LogP contribution in [-0.2, 0) is 0 Å². The van der Waals surface area contributed by atoms with E-state index in [0.29, 0.717) is 13.1 Å². The monoisotopic (exact) mass is 325 g/mol. The number of carbonyl (C=O) groups excluding carboxylic acids is 1. The molecule has 2 heterocycles. The van der Waals surface area contributed by atoms with Crippen molar-refractivity contribution in [3.05, 3.63) is 53.1 Å². The smallest absolute Gasteiger partial charge is 0.255 e. The van der Waals surface area contributed by atoms with Gasteiger partial charge in [-0.1, -0.05) is 11.6 Å². The maximum Gasteiger partial charge on any atom is 0.255 e. The molecule has 1 saturated heterocycles. The predicted molar refractivity (Wildman–Crippen MR) is 77.8 cm³/mol. The zero-order chi connectivity index (χ0) is 15.7. The number of imidazole rings is 1. The number of carbonyl (C=O) groups is 1. The molecule has 7 heteroatoms. The summed E-state index contributed by atoms with van der Waals surface area (Å²) in [5.41, 5.74) is -0.00755. The molecule has 1 aliphatic rings. The highest BCUT2D eigenvalue weighted by atomic mass is 35.5. The Labute approximate surface area is 131 Å². The van der Waals surface area contributed by atoms with E-state index in [4.69, 9.17) is 11.6 Å². The minimum Gasteiger partial charge on any atom is -0.337 e. The van der Waals surface area contributed by atoms with Gasteiger partial charge in [-0.15, -0.1) is 0 Å². The normalized spacial score (nSPS) is 18.5. The van der Waals surface area contributed by atoms with Crippen LogP contribution in [0.1, 0.15) is 29.2 Å². The zero-order valence-corrected chi connectivity index (χ0v) is 12.4. The van der Waals surface area contributed by atoms with Gasteiger partial charge in [0.25, 0.3) is 5.91 Å². The number of rotatable bonds is 2. The molecule has 1 fully saturated rings. The van der Waals surface area contributed by atoms with Crippen molar-refractivity contribution in [3.8, 4) is 0 Å². The van der Waals surface area contributed by atoms with Crippen LogP contribution in [0, 0.1) is 11.6 Å². The van der Waals surface area contributed by atoms with Crippen molar-refractivity contribution in [1.29, 1.82) is 0 Å². The van der Waals surface area contributed by atoms with Gasteiger partial charge in [0.05, 0.1) is 23.0 Å². The molecule has 1 aromatic heterocycles. The van der Waals surface area contributed by atoms with Crippen LogP contribution in [0.3, 0.4) is 0 Å². The first kappa shape index (κ1) is 15.0. The molecule has 1 aliphatic heterocycles. The number of hydrogen-bond acceptors (Lipinski definition) is 2. The first-order valence-electron chi connectivity index (χ1n) is 6.97. The summed E-state index contributed by atoms with van der Waals surface area (Å²) in [6, 6.07) is 1.83. The average molecular weight is 326 g/mol. The van der Waals surface area contributed by atoms with E-state index in [9.17, 15) is 13.6 Å². The van der Waals surface area contributed by atoms with Crippen molar-refractivity contribution < 1.29 is 13.6 Å². The lowest BCUT2D eigenvalue weighted by atomic mass is 10.0. The SMILES string of the molecule is O=C(c1cc(F)c(F)cc1Cl)N1CCC[C@H](n2ccnc2)C1. The number of hydrogen-bond donors (Lipinski definition) is 0. The molecule has 1 atom stereocenters. The first-order valence-corrected chi connectivity index (χ1v) is 7.35. The maximum absolute atomic E-state index is 13.4. The van der Waals surface area contributed by atoms with Gasteiger partial charge in [-0.25, -0.2) is 13.8 Å². The van der Waals surface area contributed by atoms with Gasteiger partial charge < -0.3 is 9.47 Å². The second-order valence-corrected chi connectivity index (χ2v) is 5.71. The number of piperidine rings is 1. The van der Waals surface area contributed by atoms with Crippen LogP contribution in [0.15, 0.2) is 30.9 Å². The molecule has 0 bridgehead atoms. The fourth-order valence-electron chi connectivity index (χ4n) is 2.72. The number of likely N-dealkylation sites (tertiary alicyclic amines) is 1. The third-order valence-corrected chi connectivity index (χ3v) is 4.18. The van der Waals surface area contributed by atoms with Crippen LogP contribution in [0.25, 0.3) is 0 Å². The van der Waals surface area contributed by atoms with E-state index in [1.807, 2.05) is 10.8 Å². The Hall–Kier alpha value is -1.95. The van der Waals surface area contributed by atoms with E-state index in [-0.39, 0.29) is 22.5 Å². The van der Waals surface area contributed by atoms with Crippen molar-refractivity contribution in [2.75, 3.05) is 13.1 Å². The van der Waals surface area contributed by atoms with Crippen LogP contribution in [0.4, 0.5) is 8.78 Å². The van der Waals surface area contributed by atoms with Crippen molar-refractivity contribution in [1.82, 2.24) is 14.5 Å². The molecule has 116 valence electrons. The molecule has 0 saturated carbocycles. The molecule has 0 radical (unpaired) electrons. The van der Waals surface area contributed by atoms with Crippen LogP contribution in [-0.4, -0.2) is 33.4 Å². The van der Waals surface area contributed by atoms with Gasteiger partial charge in [0.2, 0.25) is 0 Å². The summed E-state index contributed by atoms with van der Waals surface area (Å²) >= 11 is 5.88. The van der Waals surface area contributed by atoms with Gasteiger partial charge in [0.15, 0.2) is 11.6 Å². The number of amides is 1. The fourth-order valence-corrected chi connectivity index (χ4v) is 2.96.